The maximum absolute atomic E-state index is 12.1. The first kappa shape index (κ1) is 15.3. The Kier molecular flexibility index (Phi) is 4.80. The Hall–Kier alpha value is -1.72. The van der Waals surface area contributed by atoms with Crippen LogP contribution in [-0.4, -0.2) is 49.4 Å². The van der Waals surface area contributed by atoms with Gasteiger partial charge in [-0.2, -0.15) is 0 Å². The number of hydrogen-bond acceptors (Lipinski definition) is 5. The van der Waals surface area contributed by atoms with Gasteiger partial charge in [-0.1, -0.05) is 0 Å². The Labute approximate surface area is 113 Å². The van der Waals surface area contributed by atoms with E-state index in [-0.39, 0.29) is 0 Å². The SMILES string of the molecule is COC=C1C[C@@H](C(=O)OC)N(C(=O)OC(C)(C)C)C1. The average Bonchev–Trinajstić information content (AvgIpc) is 2.70. The van der Waals surface area contributed by atoms with Gasteiger partial charge in [-0.3, -0.25) is 4.90 Å². The lowest BCUT2D eigenvalue weighted by molar-refractivity contribution is -0.145. The highest BCUT2D eigenvalue weighted by Gasteiger charge is 2.39. The van der Waals surface area contributed by atoms with Crippen LogP contribution >= 0.6 is 0 Å². The molecule has 0 aromatic rings. The molecular formula is C13H21NO5. The molecule has 0 aliphatic carbocycles. The van der Waals surface area contributed by atoms with Gasteiger partial charge >= 0.3 is 12.1 Å². The zero-order chi connectivity index (χ0) is 14.6. The molecule has 1 atom stereocenters. The number of rotatable bonds is 2. The monoisotopic (exact) mass is 271 g/mol. The molecule has 1 aliphatic rings. The van der Waals surface area contributed by atoms with Crippen LogP contribution in [0.1, 0.15) is 27.2 Å². The van der Waals surface area contributed by atoms with Crippen molar-refractivity contribution in [3.63, 3.8) is 0 Å². The largest absolute Gasteiger partial charge is 0.504 e. The lowest BCUT2D eigenvalue weighted by atomic mass is 10.2. The molecule has 1 amide bonds. The molecule has 6 nitrogen and oxygen atoms in total. The molecule has 1 rings (SSSR count). The van der Waals surface area contributed by atoms with Gasteiger partial charge < -0.3 is 14.2 Å². The highest BCUT2D eigenvalue weighted by atomic mass is 16.6. The minimum Gasteiger partial charge on any atom is -0.504 e. The van der Waals surface area contributed by atoms with E-state index >= 15 is 0 Å². The summed E-state index contributed by atoms with van der Waals surface area (Å²) in [7, 11) is 2.82. The standard InChI is InChI=1S/C13H21NO5/c1-13(2,3)19-12(16)14-7-9(8-17-4)6-10(14)11(15)18-5/h8,10H,6-7H2,1-5H3/t10-/m0/s1. The summed E-state index contributed by atoms with van der Waals surface area (Å²) >= 11 is 0. The molecule has 0 aromatic heterocycles. The second-order valence-corrected chi connectivity index (χ2v) is 5.36. The summed E-state index contributed by atoms with van der Waals surface area (Å²) in [5.41, 5.74) is 0.245. The summed E-state index contributed by atoms with van der Waals surface area (Å²) in [6.07, 6.45) is 1.42. The van der Waals surface area contributed by atoms with Crippen molar-refractivity contribution in [3.8, 4) is 0 Å². The molecule has 0 radical (unpaired) electrons. The summed E-state index contributed by atoms with van der Waals surface area (Å²) in [6.45, 7) is 5.64. The number of ether oxygens (including phenoxy) is 3. The van der Waals surface area contributed by atoms with Crippen LogP contribution in [0.15, 0.2) is 11.8 Å². The van der Waals surface area contributed by atoms with Crippen LogP contribution in [0.2, 0.25) is 0 Å². The molecule has 0 unspecified atom stereocenters. The second-order valence-electron chi connectivity index (χ2n) is 5.36. The van der Waals surface area contributed by atoms with Crippen molar-refractivity contribution in [1.82, 2.24) is 4.90 Å². The lowest BCUT2D eigenvalue weighted by Gasteiger charge is -2.27. The zero-order valence-corrected chi connectivity index (χ0v) is 12.1. The van der Waals surface area contributed by atoms with Crippen molar-refractivity contribution in [3.05, 3.63) is 11.8 Å². The number of carbonyl (C=O) groups is 2. The zero-order valence-electron chi connectivity index (χ0n) is 12.1. The Bertz CT molecular complexity index is 383. The number of esters is 1. The number of methoxy groups -OCH3 is 2. The second kappa shape index (κ2) is 5.95. The molecule has 0 N–H and O–H groups in total. The van der Waals surface area contributed by atoms with E-state index < -0.39 is 23.7 Å². The summed E-state index contributed by atoms with van der Waals surface area (Å²) in [6, 6.07) is -0.652. The van der Waals surface area contributed by atoms with Crippen LogP contribution in [0.5, 0.6) is 0 Å². The average molecular weight is 271 g/mol. The number of nitrogens with zero attached hydrogens (tertiary/aromatic N) is 1. The number of amides is 1. The van der Waals surface area contributed by atoms with Crippen LogP contribution in [0.3, 0.4) is 0 Å². The van der Waals surface area contributed by atoms with Crippen LogP contribution < -0.4 is 0 Å². The fourth-order valence-electron chi connectivity index (χ4n) is 1.86. The fourth-order valence-corrected chi connectivity index (χ4v) is 1.86. The molecule has 0 bridgehead atoms. The maximum atomic E-state index is 12.1. The van der Waals surface area contributed by atoms with Crippen molar-refractivity contribution >= 4 is 12.1 Å². The normalized spacial score (nSPS) is 21.4. The molecule has 0 aromatic carbocycles. The summed E-state index contributed by atoms with van der Waals surface area (Å²) < 4.78 is 14.9. The fraction of sp³-hybridized carbons (Fsp3) is 0.692. The Morgan fingerprint density at radius 2 is 1.95 bits per heavy atom. The summed E-state index contributed by atoms with van der Waals surface area (Å²) in [4.78, 5) is 25.1. The van der Waals surface area contributed by atoms with E-state index in [9.17, 15) is 9.59 Å². The van der Waals surface area contributed by atoms with Gasteiger partial charge in [-0.05, 0) is 26.3 Å². The van der Waals surface area contributed by atoms with Crippen LogP contribution in [-0.2, 0) is 19.0 Å². The highest BCUT2D eigenvalue weighted by molar-refractivity contribution is 5.83. The maximum Gasteiger partial charge on any atom is 0.411 e. The van der Waals surface area contributed by atoms with Crippen LogP contribution in [0.4, 0.5) is 4.79 Å². The Morgan fingerprint density at radius 1 is 1.32 bits per heavy atom. The molecule has 0 spiro atoms. The first-order chi connectivity index (χ1) is 8.78. The van der Waals surface area contributed by atoms with Gasteiger partial charge in [0.15, 0.2) is 0 Å². The summed E-state index contributed by atoms with van der Waals surface area (Å²) in [5, 5.41) is 0. The minimum absolute atomic E-state index is 0.308. The number of hydrogen-bond donors (Lipinski definition) is 0. The Morgan fingerprint density at radius 3 is 2.42 bits per heavy atom. The lowest BCUT2D eigenvalue weighted by Crippen LogP contribution is -2.43. The third-order valence-electron chi connectivity index (χ3n) is 2.59. The molecule has 1 aliphatic heterocycles. The van der Waals surface area contributed by atoms with Crippen molar-refractivity contribution in [2.45, 2.75) is 38.8 Å². The molecular weight excluding hydrogens is 250 g/mol. The predicted molar refractivity (Wildman–Crippen MR) is 68.5 cm³/mol. The van der Waals surface area contributed by atoms with E-state index in [2.05, 4.69) is 0 Å². The van der Waals surface area contributed by atoms with E-state index in [0.29, 0.717) is 13.0 Å². The quantitative estimate of drug-likeness (QED) is 0.565. The number of likely N-dealkylation sites (tertiary alicyclic amines) is 1. The molecule has 0 saturated carbocycles. The van der Waals surface area contributed by atoms with Crippen molar-refractivity contribution in [2.75, 3.05) is 20.8 Å². The van der Waals surface area contributed by atoms with Gasteiger partial charge in [0.1, 0.15) is 11.6 Å². The van der Waals surface area contributed by atoms with Crippen molar-refractivity contribution in [2.24, 2.45) is 0 Å². The summed E-state index contributed by atoms with van der Waals surface area (Å²) in [5.74, 6) is -0.453. The highest BCUT2D eigenvalue weighted by Crippen LogP contribution is 2.25. The molecule has 19 heavy (non-hydrogen) atoms. The van der Waals surface area contributed by atoms with Crippen molar-refractivity contribution in [1.29, 1.82) is 0 Å². The van der Waals surface area contributed by atoms with Gasteiger partial charge in [-0.25, -0.2) is 9.59 Å². The predicted octanol–water partition coefficient (Wildman–Crippen LogP) is 1.70. The van der Waals surface area contributed by atoms with Crippen molar-refractivity contribution < 1.29 is 23.8 Å². The van der Waals surface area contributed by atoms with E-state index in [1.807, 2.05) is 0 Å². The van der Waals surface area contributed by atoms with Gasteiger partial charge in [0.25, 0.3) is 0 Å². The molecule has 1 heterocycles. The molecule has 108 valence electrons. The molecule has 6 heteroatoms. The third kappa shape index (κ3) is 4.15. The minimum atomic E-state index is -0.652. The molecule has 1 fully saturated rings. The van der Waals surface area contributed by atoms with E-state index in [1.54, 1.807) is 27.0 Å². The van der Waals surface area contributed by atoms with E-state index in [4.69, 9.17) is 14.2 Å². The first-order valence-corrected chi connectivity index (χ1v) is 6.06. The topological polar surface area (TPSA) is 65.1 Å². The first-order valence-electron chi connectivity index (χ1n) is 6.06. The third-order valence-corrected chi connectivity index (χ3v) is 2.59. The van der Waals surface area contributed by atoms with E-state index in [1.165, 1.54) is 19.1 Å². The van der Waals surface area contributed by atoms with Crippen LogP contribution in [0.25, 0.3) is 0 Å². The smallest absolute Gasteiger partial charge is 0.411 e. The van der Waals surface area contributed by atoms with Gasteiger partial charge in [-0.15, -0.1) is 0 Å². The van der Waals surface area contributed by atoms with Gasteiger partial charge in [0, 0.05) is 13.0 Å². The van der Waals surface area contributed by atoms with Gasteiger partial charge in [0.05, 0.1) is 20.5 Å². The number of carbonyl (C=O) groups excluding carboxylic acids is 2. The Balaban J connectivity index is 2.86. The molecule has 1 saturated heterocycles. The van der Waals surface area contributed by atoms with Gasteiger partial charge in [0.2, 0.25) is 0 Å². The van der Waals surface area contributed by atoms with E-state index in [0.717, 1.165) is 5.57 Å². The van der Waals surface area contributed by atoms with Crippen LogP contribution in [0, 0.1) is 0 Å².